The molecule has 2 aromatic rings. The highest BCUT2D eigenvalue weighted by Gasteiger charge is 2.12. The van der Waals surface area contributed by atoms with E-state index in [-0.39, 0.29) is 11.9 Å². The summed E-state index contributed by atoms with van der Waals surface area (Å²) in [6, 6.07) is 16.8. The van der Waals surface area contributed by atoms with Crippen LogP contribution in [-0.2, 0) is 10.5 Å². The van der Waals surface area contributed by atoms with Crippen LogP contribution in [0, 0.1) is 13.8 Å². The maximum Gasteiger partial charge on any atom is 0.230 e. The van der Waals surface area contributed by atoms with E-state index >= 15 is 0 Å². The van der Waals surface area contributed by atoms with Crippen LogP contribution in [0.15, 0.2) is 48.5 Å². The Bertz CT molecular complexity index is 619. The van der Waals surface area contributed by atoms with Crippen molar-refractivity contribution in [1.29, 1.82) is 0 Å². The Morgan fingerprint density at radius 3 is 2.35 bits per heavy atom. The highest BCUT2D eigenvalue weighted by Crippen LogP contribution is 2.18. The molecule has 0 radical (unpaired) electrons. The Morgan fingerprint density at radius 1 is 1.09 bits per heavy atom. The number of amides is 1. The van der Waals surface area contributed by atoms with E-state index in [0.717, 1.165) is 12.2 Å². The Morgan fingerprint density at radius 2 is 1.74 bits per heavy atom. The zero-order valence-corrected chi connectivity index (χ0v) is 15.0. The van der Waals surface area contributed by atoms with Crippen LogP contribution in [0.25, 0.3) is 0 Å². The molecule has 0 spiro atoms. The summed E-state index contributed by atoms with van der Waals surface area (Å²) in [6.07, 6.45) is 0.900. The molecule has 1 atom stereocenters. The van der Waals surface area contributed by atoms with Crippen LogP contribution in [-0.4, -0.2) is 11.7 Å². The van der Waals surface area contributed by atoms with Gasteiger partial charge in [-0.3, -0.25) is 4.79 Å². The zero-order chi connectivity index (χ0) is 16.7. The summed E-state index contributed by atoms with van der Waals surface area (Å²) in [7, 11) is 0. The molecule has 122 valence electrons. The summed E-state index contributed by atoms with van der Waals surface area (Å²) in [6.45, 7) is 6.32. The van der Waals surface area contributed by atoms with Crippen LogP contribution in [0.2, 0.25) is 0 Å². The van der Waals surface area contributed by atoms with E-state index < -0.39 is 0 Å². The zero-order valence-electron chi connectivity index (χ0n) is 14.1. The molecule has 23 heavy (non-hydrogen) atoms. The van der Waals surface area contributed by atoms with Crippen molar-refractivity contribution < 1.29 is 4.79 Å². The molecule has 0 fully saturated rings. The van der Waals surface area contributed by atoms with Crippen molar-refractivity contribution in [3.63, 3.8) is 0 Å². The topological polar surface area (TPSA) is 29.1 Å². The highest BCUT2D eigenvalue weighted by molar-refractivity contribution is 7.99. The first-order valence-electron chi connectivity index (χ1n) is 8.07. The summed E-state index contributed by atoms with van der Waals surface area (Å²) in [5.74, 6) is 1.48. The summed E-state index contributed by atoms with van der Waals surface area (Å²) in [5, 5.41) is 3.13. The molecule has 1 N–H and O–H groups in total. The number of carbonyl (C=O) groups is 1. The monoisotopic (exact) mass is 327 g/mol. The third-order valence-electron chi connectivity index (χ3n) is 3.73. The Labute approximate surface area is 143 Å². The molecular weight excluding hydrogens is 302 g/mol. The molecule has 0 aliphatic rings. The van der Waals surface area contributed by atoms with E-state index in [2.05, 4.69) is 56.4 Å². The SMILES string of the molecule is CCC(NC(=O)CSCc1cc(C)cc(C)c1)c1ccccc1. The largest absolute Gasteiger partial charge is 0.349 e. The minimum Gasteiger partial charge on any atom is -0.349 e. The lowest BCUT2D eigenvalue weighted by molar-refractivity contribution is -0.119. The Hall–Kier alpha value is -1.74. The van der Waals surface area contributed by atoms with Gasteiger partial charge in [0, 0.05) is 5.75 Å². The van der Waals surface area contributed by atoms with Crippen LogP contribution in [0.3, 0.4) is 0 Å². The Balaban J connectivity index is 1.82. The number of thioether (sulfide) groups is 1. The van der Waals surface area contributed by atoms with Gasteiger partial charge in [0.2, 0.25) is 5.91 Å². The fraction of sp³-hybridized carbons (Fsp3) is 0.350. The van der Waals surface area contributed by atoms with Gasteiger partial charge >= 0.3 is 0 Å². The second-order valence-corrected chi connectivity index (χ2v) is 6.91. The van der Waals surface area contributed by atoms with E-state index in [1.165, 1.54) is 22.3 Å². The van der Waals surface area contributed by atoms with Gasteiger partial charge in [-0.15, -0.1) is 11.8 Å². The second kappa shape index (κ2) is 8.78. The van der Waals surface area contributed by atoms with Gasteiger partial charge in [0.25, 0.3) is 0 Å². The molecule has 1 amide bonds. The molecule has 2 nitrogen and oxygen atoms in total. The minimum atomic E-state index is 0.102. The van der Waals surface area contributed by atoms with Gasteiger partial charge in [-0.1, -0.05) is 66.6 Å². The third kappa shape index (κ3) is 5.76. The van der Waals surface area contributed by atoms with Gasteiger partial charge in [-0.25, -0.2) is 0 Å². The number of benzene rings is 2. The van der Waals surface area contributed by atoms with Gasteiger partial charge in [-0.05, 0) is 31.4 Å². The van der Waals surface area contributed by atoms with E-state index in [4.69, 9.17) is 0 Å². The molecule has 0 aromatic heterocycles. The summed E-state index contributed by atoms with van der Waals surface area (Å²) >= 11 is 1.67. The van der Waals surface area contributed by atoms with Crippen molar-refractivity contribution in [2.75, 3.05) is 5.75 Å². The molecular formula is C20H25NOS. The van der Waals surface area contributed by atoms with Crippen molar-refractivity contribution in [2.24, 2.45) is 0 Å². The summed E-state index contributed by atoms with van der Waals surface area (Å²) in [4.78, 5) is 12.2. The quantitative estimate of drug-likeness (QED) is 0.791. The summed E-state index contributed by atoms with van der Waals surface area (Å²) < 4.78 is 0. The number of aryl methyl sites for hydroxylation is 2. The van der Waals surface area contributed by atoms with Gasteiger partial charge < -0.3 is 5.32 Å². The number of rotatable bonds is 7. The van der Waals surface area contributed by atoms with Crippen LogP contribution in [0.1, 0.15) is 41.6 Å². The van der Waals surface area contributed by atoms with Gasteiger partial charge in [0.15, 0.2) is 0 Å². The predicted octanol–water partition coefficient (Wildman–Crippen LogP) is 4.80. The Kier molecular flexibility index (Phi) is 6.72. The molecule has 2 rings (SSSR count). The average molecular weight is 327 g/mol. The van der Waals surface area contributed by atoms with Gasteiger partial charge in [-0.2, -0.15) is 0 Å². The maximum absolute atomic E-state index is 12.2. The number of carbonyl (C=O) groups excluding carboxylic acids is 1. The molecule has 0 aliphatic carbocycles. The smallest absolute Gasteiger partial charge is 0.230 e. The van der Waals surface area contributed by atoms with Crippen LogP contribution in [0.5, 0.6) is 0 Å². The van der Waals surface area contributed by atoms with Gasteiger partial charge in [0.1, 0.15) is 0 Å². The fourth-order valence-corrected chi connectivity index (χ4v) is 3.53. The van der Waals surface area contributed by atoms with Crippen molar-refractivity contribution in [3.8, 4) is 0 Å². The number of nitrogens with one attached hydrogen (secondary N) is 1. The first-order valence-corrected chi connectivity index (χ1v) is 9.23. The first kappa shape index (κ1) is 17.6. The fourth-order valence-electron chi connectivity index (χ4n) is 2.76. The molecule has 0 heterocycles. The molecule has 0 aliphatic heterocycles. The number of hydrogen-bond donors (Lipinski definition) is 1. The lowest BCUT2D eigenvalue weighted by atomic mass is 10.0. The molecule has 0 saturated carbocycles. The van der Waals surface area contributed by atoms with E-state index in [1.54, 1.807) is 11.8 Å². The van der Waals surface area contributed by atoms with Crippen molar-refractivity contribution in [2.45, 2.75) is 39.0 Å². The minimum absolute atomic E-state index is 0.102. The molecule has 0 bridgehead atoms. The second-order valence-electron chi connectivity index (χ2n) is 5.93. The third-order valence-corrected chi connectivity index (χ3v) is 4.73. The number of hydrogen-bond acceptors (Lipinski definition) is 2. The normalized spacial score (nSPS) is 12.0. The van der Waals surface area contributed by atoms with E-state index in [9.17, 15) is 4.79 Å². The maximum atomic E-state index is 12.2. The van der Waals surface area contributed by atoms with Crippen LogP contribution >= 0.6 is 11.8 Å². The van der Waals surface area contributed by atoms with Crippen molar-refractivity contribution in [1.82, 2.24) is 5.32 Å². The van der Waals surface area contributed by atoms with Gasteiger partial charge in [0.05, 0.1) is 11.8 Å². The lowest BCUT2D eigenvalue weighted by Crippen LogP contribution is -2.29. The van der Waals surface area contributed by atoms with Crippen molar-refractivity contribution in [3.05, 3.63) is 70.8 Å². The predicted molar refractivity (Wildman–Crippen MR) is 99.7 cm³/mol. The average Bonchev–Trinajstić information content (AvgIpc) is 2.52. The van der Waals surface area contributed by atoms with E-state index in [1.807, 2.05) is 18.2 Å². The van der Waals surface area contributed by atoms with E-state index in [0.29, 0.717) is 5.75 Å². The molecule has 3 heteroatoms. The lowest BCUT2D eigenvalue weighted by Gasteiger charge is -2.17. The highest BCUT2D eigenvalue weighted by atomic mass is 32.2. The van der Waals surface area contributed by atoms with Crippen LogP contribution in [0.4, 0.5) is 0 Å². The standard InChI is InChI=1S/C20H25NOS/c1-4-19(18-8-6-5-7-9-18)21-20(22)14-23-13-17-11-15(2)10-16(3)12-17/h5-12,19H,4,13-14H2,1-3H3,(H,21,22). The van der Waals surface area contributed by atoms with Crippen LogP contribution < -0.4 is 5.32 Å². The molecule has 1 unspecified atom stereocenters. The molecule has 0 saturated heterocycles. The summed E-state index contributed by atoms with van der Waals surface area (Å²) in [5.41, 5.74) is 5.01. The molecule has 2 aromatic carbocycles. The van der Waals surface area contributed by atoms with Crippen molar-refractivity contribution >= 4 is 17.7 Å². The first-order chi connectivity index (χ1) is 11.1.